The molecule has 132 valence electrons. The van der Waals surface area contributed by atoms with E-state index in [1.807, 2.05) is 12.1 Å². The summed E-state index contributed by atoms with van der Waals surface area (Å²) in [4.78, 5) is 13.9. The number of thiophene rings is 1. The molecule has 5 N–H and O–H groups in total. The van der Waals surface area contributed by atoms with E-state index >= 15 is 0 Å². The van der Waals surface area contributed by atoms with Gasteiger partial charge in [-0.05, 0) is 34.7 Å². The van der Waals surface area contributed by atoms with Crippen LogP contribution in [-0.2, 0) is 4.74 Å². The summed E-state index contributed by atoms with van der Waals surface area (Å²) in [5.41, 5.74) is 6.78. The first-order valence-corrected chi connectivity index (χ1v) is 9.27. The number of imidazole rings is 1. The average molecular weight is 475 g/mol. The van der Waals surface area contributed by atoms with Crippen LogP contribution in [0.15, 0.2) is 18.5 Å². The molecule has 0 radical (unpaired) electrons. The number of hydrogen-bond acceptors (Lipinski definition) is 9. The van der Waals surface area contributed by atoms with Crippen LogP contribution < -0.4 is 5.73 Å². The molecule has 4 atom stereocenters. The van der Waals surface area contributed by atoms with Gasteiger partial charge in [0.1, 0.15) is 23.8 Å². The molecule has 4 heterocycles. The summed E-state index contributed by atoms with van der Waals surface area (Å²) in [6, 6.07) is 3.86. The highest BCUT2D eigenvalue weighted by Gasteiger charge is 2.44. The van der Waals surface area contributed by atoms with Crippen LogP contribution >= 0.6 is 33.9 Å². The molecule has 25 heavy (non-hydrogen) atoms. The SMILES string of the molecule is Nc1nc(-c2ccc(I)s2)nc2c1ncn2[C@@H]1O[C@H](CO)C(O)C1O. The van der Waals surface area contributed by atoms with Crippen LogP contribution in [0.5, 0.6) is 0 Å². The highest BCUT2D eigenvalue weighted by atomic mass is 127. The lowest BCUT2D eigenvalue weighted by atomic mass is 10.1. The predicted octanol–water partition coefficient (Wildman–Crippen LogP) is 0.353. The Morgan fingerprint density at radius 2 is 2.08 bits per heavy atom. The zero-order chi connectivity index (χ0) is 17.7. The Balaban J connectivity index is 1.82. The zero-order valence-electron chi connectivity index (χ0n) is 12.7. The molecule has 0 saturated carbocycles. The number of hydrogen-bond donors (Lipinski definition) is 4. The lowest BCUT2D eigenvalue weighted by Gasteiger charge is -2.16. The van der Waals surface area contributed by atoms with Crippen molar-refractivity contribution in [2.75, 3.05) is 12.3 Å². The molecule has 4 rings (SSSR count). The number of ether oxygens (including phenoxy) is 1. The molecule has 1 fully saturated rings. The third-order valence-corrected chi connectivity index (χ3v) is 5.92. The van der Waals surface area contributed by atoms with E-state index in [0.29, 0.717) is 17.0 Å². The van der Waals surface area contributed by atoms with E-state index < -0.39 is 31.1 Å². The molecular formula is C14H14IN5O4S. The van der Waals surface area contributed by atoms with Gasteiger partial charge < -0.3 is 25.8 Å². The van der Waals surface area contributed by atoms with Crippen LogP contribution in [0.3, 0.4) is 0 Å². The Morgan fingerprint density at radius 1 is 1.28 bits per heavy atom. The molecule has 1 saturated heterocycles. The lowest BCUT2D eigenvalue weighted by molar-refractivity contribution is -0.0511. The van der Waals surface area contributed by atoms with Crippen molar-refractivity contribution in [1.29, 1.82) is 0 Å². The summed E-state index contributed by atoms with van der Waals surface area (Å²) in [6.07, 6.45) is -2.81. The van der Waals surface area contributed by atoms with Gasteiger partial charge in [-0.15, -0.1) is 11.3 Å². The molecule has 0 aromatic carbocycles. The normalized spacial score (nSPS) is 26.6. The number of nitrogens with two attached hydrogens (primary N) is 1. The molecule has 0 amide bonds. The monoisotopic (exact) mass is 475 g/mol. The van der Waals surface area contributed by atoms with Crippen molar-refractivity contribution >= 4 is 50.9 Å². The van der Waals surface area contributed by atoms with Crippen molar-refractivity contribution in [3.63, 3.8) is 0 Å². The van der Waals surface area contributed by atoms with Gasteiger partial charge in [0, 0.05) is 0 Å². The molecule has 3 aromatic rings. The van der Waals surface area contributed by atoms with Crippen molar-refractivity contribution in [2.24, 2.45) is 0 Å². The molecule has 3 aromatic heterocycles. The maximum absolute atomic E-state index is 10.2. The van der Waals surface area contributed by atoms with Gasteiger partial charge in [-0.3, -0.25) is 4.57 Å². The summed E-state index contributed by atoms with van der Waals surface area (Å²) in [7, 11) is 0. The molecule has 0 spiro atoms. The van der Waals surface area contributed by atoms with Gasteiger partial charge >= 0.3 is 0 Å². The quantitative estimate of drug-likeness (QED) is 0.398. The second-order valence-corrected chi connectivity index (χ2v) is 8.57. The fraction of sp³-hybridized carbons (Fsp3) is 0.357. The number of aromatic nitrogens is 4. The number of anilines is 1. The summed E-state index contributed by atoms with van der Waals surface area (Å²) < 4.78 is 8.14. The van der Waals surface area contributed by atoms with Crippen molar-refractivity contribution in [2.45, 2.75) is 24.5 Å². The summed E-state index contributed by atoms with van der Waals surface area (Å²) in [6.45, 7) is -0.405. The number of nitrogens with zero attached hydrogens (tertiary/aromatic N) is 4. The molecule has 9 nitrogen and oxygen atoms in total. The van der Waals surface area contributed by atoms with Gasteiger partial charge in [-0.2, -0.15) is 0 Å². The Bertz CT molecular complexity index is 931. The van der Waals surface area contributed by atoms with Gasteiger partial charge in [-0.1, -0.05) is 0 Å². The fourth-order valence-electron chi connectivity index (χ4n) is 2.78. The minimum Gasteiger partial charge on any atom is -0.394 e. The van der Waals surface area contributed by atoms with Gasteiger partial charge in [0.05, 0.1) is 20.7 Å². The third kappa shape index (κ3) is 2.80. The van der Waals surface area contributed by atoms with Crippen LogP contribution in [0.4, 0.5) is 5.82 Å². The van der Waals surface area contributed by atoms with E-state index in [2.05, 4.69) is 37.5 Å². The van der Waals surface area contributed by atoms with Gasteiger partial charge in [0.25, 0.3) is 0 Å². The summed E-state index contributed by atoms with van der Waals surface area (Å²) >= 11 is 3.74. The van der Waals surface area contributed by atoms with Gasteiger partial charge in [0.2, 0.25) is 0 Å². The molecule has 11 heteroatoms. The second-order valence-electron chi connectivity index (χ2n) is 5.59. The second kappa shape index (κ2) is 6.41. The van der Waals surface area contributed by atoms with E-state index in [0.717, 1.165) is 7.76 Å². The summed E-state index contributed by atoms with van der Waals surface area (Å²) in [5, 5.41) is 29.5. The lowest BCUT2D eigenvalue weighted by Crippen LogP contribution is -2.33. The Morgan fingerprint density at radius 3 is 2.72 bits per heavy atom. The number of aliphatic hydroxyl groups excluding tert-OH is 3. The van der Waals surface area contributed by atoms with E-state index in [4.69, 9.17) is 10.5 Å². The first kappa shape index (κ1) is 17.1. The topological polar surface area (TPSA) is 140 Å². The minimum atomic E-state index is -1.23. The molecule has 1 aliphatic rings. The highest BCUT2D eigenvalue weighted by Crippen LogP contribution is 2.33. The molecule has 1 aliphatic heterocycles. The van der Waals surface area contributed by atoms with Crippen molar-refractivity contribution < 1.29 is 20.1 Å². The van der Waals surface area contributed by atoms with Crippen LogP contribution in [0, 0.1) is 2.88 Å². The van der Waals surface area contributed by atoms with E-state index in [1.165, 1.54) is 22.2 Å². The minimum absolute atomic E-state index is 0.217. The Hall–Kier alpha value is -1.38. The van der Waals surface area contributed by atoms with E-state index in [1.54, 1.807) is 0 Å². The number of aliphatic hydroxyl groups is 3. The van der Waals surface area contributed by atoms with Crippen LogP contribution in [0.2, 0.25) is 0 Å². The van der Waals surface area contributed by atoms with Crippen molar-refractivity contribution in [3.05, 3.63) is 21.3 Å². The summed E-state index contributed by atoms with van der Waals surface area (Å²) in [5.74, 6) is 0.667. The highest BCUT2D eigenvalue weighted by molar-refractivity contribution is 14.1. The zero-order valence-corrected chi connectivity index (χ0v) is 15.6. The Labute approximate surface area is 159 Å². The van der Waals surface area contributed by atoms with Crippen molar-refractivity contribution in [1.82, 2.24) is 19.5 Å². The number of fused-ring (bicyclic) bond motifs is 1. The number of rotatable bonds is 3. The number of nitrogen functional groups attached to an aromatic ring is 1. The molecule has 0 aliphatic carbocycles. The molecular weight excluding hydrogens is 461 g/mol. The first-order valence-electron chi connectivity index (χ1n) is 7.38. The van der Waals surface area contributed by atoms with E-state index in [9.17, 15) is 15.3 Å². The Kier molecular flexibility index (Phi) is 4.37. The molecule has 2 unspecified atom stereocenters. The largest absolute Gasteiger partial charge is 0.394 e. The predicted molar refractivity (Wildman–Crippen MR) is 98.8 cm³/mol. The van der Waals surface area contributed by atoms with E-state index in [-0.39, 0.29) is 5.82 Å². The smallest absolute Gasteiger partial charge is 0.174 e. The standard InChI is InChI=1S/C14H14IN5O4S/c15-7-2-1-6(25-7)12-18-11(16)8-13(19-12)20(4-17-8)14-10(23)9(22)5(3-21)24-14/h1-2,4-5,9-10,14,21-23H,3H2,(H2,16,18,19)/t5-,9?,10?,14-/m1/s1. The molecule has 0 bridgehead atoms. The van der Waals surface area contributed by atoms with Crippen LogP contribution in [0.1, 0.15) is 6.23 Å². The fourth-order valence-corrected chi connectivity index (χ4v) is 4.34. The van der Waals surface area contributed by atoms with Crippen LogP contribution in [0.25, 0.3) is 21.9 Å². The van der Waals surface area contributed by atoms with Gasteiger partial charge in [-0.25, -0.2) is 15.0 Å². The number of halogens is 1. The van der Waals surface area contributed by atoms with Crippen molar-refractivity contribution in [3.8, 4) is 10.7 Å². The third-order valence-electron chi connectivity index (χ3n) is 4.03. The first-order chi connectivity index (χ1) is 12.0. The van der Waals surface area contributed by atoms with Gasteiger partial charge in [0.15, 0.2) is 23.5 Å². The average Bonchev–Trinajstić information content (AvgIpc) is 3.27. The van der Waals surface area contributed by atoms with Crippen LogP contribution in [-0.4, -0.2) is 59.8 Å². The maximum atomic E-state index is 10.2. The maximum Gasteiger partial charge on any atom is 0.174 e.